The lowest BCUT2D eigenvalue weighted by Crippen LogP contribution is -2.40. The van der Waals surface area contributed by atoms with Gasteiger partial charge in [0.25, 0.3) is 0 Å². The van der Waals surface area contributed by atoms with Crippen LogP contribution in [0.25, 0.3) is 0 Å². The Kier molecular flexibility index (Phi) is 2.30. The molecule has 0 radical (unpaired) electrons. The van der Waals surface area contributed by atoms with E-state index >= 15 is 0 Å². The van der Waals surface area contributed by atoms with Crippen molar-refractivity contribution in [3.05, 3.63) is 46.5 Å². The van der Waals surface area contributed by atoms with Gasteiger partial charge < -0.3 is 0 Å². The second-order valence-electron chi connectivity index (χ2n) is 6.53. The highest BCUT2D eigenvalue weighted by atomic mass is 16.1. The average Bonchev–Trinajstić information content (AvgIpc) is 2.98. The summed E-state index contributed by atoms with van der Waals surface area (Å²) in [4.78, 5) is 12.2. The maximum Gasteiger partial charge on any atom is 0.138 e. The molecule has 1 fully saturated rings. The molecular formula is C18H20O. The summed E-state index contributed by atoms with van der Waals surface area (Å²) in [6.45, 7) is 2.24. The molecule has 1 aromatic rings. The van der Waals surface area contributed by atoms with E-state index in [2.05, 4.69) is 31.2 Å². The summed E-state index contributed by atoms with van der Waals surface area (Å²) in [5.41, 5.74) is 6.14. The molecule has 2 atom stereocenters. The number of hydrogen-bond donors (Lipinski definition) is 0. The smallest absolute Gasteiger partial charge is 0.138 e. The van der Waals surface area contributed by atoms with Crippen LogP contribution in [0.5, 0.6) is 0 Å². The molecule has 2 bridgehead atoms. The Balaban J connectivity index is 1.95. The van der Waals surface area contributed by atoms with Gasteiger partial charge in [-0.05, 0) is 48.3 Å². The fourth-order valence-corrected chi connectivity index (χ4v) is 4.86. The molecule has 1 heteroatoms. The minimum atomic E-state index is 0.168. The van der Waals surface area contributed by atoms with E-state index in [1.54, 1.807) is 11.1 Å². The second kappa shape index (κ2) is 3.82. The summed E-state index contributed by atoms with van der Waals surface area (Å²) in [6.07, 6.45) is 8.54. The normalized spacial score (nSPS) is 31.7. The number of carbonyl (C=O) groups excluding carboxylic acids is 1. The van der Waals surface area contributed by atoms with Crippen molar-refractivity contribution in [1.82, 2.24) is 0 Å². The van der Waals surface area contributed by atoms with Crippen molar-refractivity contribution in [2.24, 2.45) is 5.92 Å². The lowest BCUT2D eigenvalue weighted by Gasteiger charge is -2.42. The zero-order valence-corrected chi connectivity index (χ0v) is 11.5. The van der Waals surface area contributed by atoms with Crippen LogP contribution in [0.4, 0.5) is 0 Å². The molecule has 0 heterocycles. The van der Waals surface area contributed by atoms with Gasteiger partial charge in [0.2, 0.25) is 0 Å². The van der Waals surface area contributed by atoms with Crippen molar-refractivity contribution in [2.45, 2.75) is 50.9 Å². The lowest BCUT2D eigenvalue weighted by molar-refractivity contribution is -0.120. The first-order valence-electron chi connectivity index (χ1n) is 7.54. The molecule has 0 saturated heterocycles. The van der Waals surface area contributed by atoms with Gasteiger partial charge in [-0.1, -0.05) is 36.8 Å². The van der Waals surface area contributed by atoms with Crippen molar-refractivity contribution in [3.63, 3.8) is 0 Å². The van der Waals surface area contributed by atoms with Crippen LogP contribution in [0.15, 0.2) is 29.8 Å². The third-order valence-electron chi connectivity index (χ3n) is 5.54. The van der Waals surface area contributed by atoms with Crippen LogP contribution in [-0.4, -0.2) is 5.78 Å². The Hall–Kier alpha value is -1.37. The Morgan fingerprint density at radius 1 is 1.32 bits per heavy atom. The quantitative estimate of drug-likeness (QED) is 0.696. The number of carbonyl (C=O) groups is 1. The maximum atomic E-state index is 12.2. The van der Waals surface area contributed by atoms with Gasteiger partial charge >= 0.3 is 0 Å². The number of benzene rings is 1. The van der Waals surface area contributed by atoms with Crippen molar-refractivity contribution in [1.29, 1.82) is 0 Å². The molecule has 0 aliphatic heterocycles. The molecule has 0 aromatic heterocycles. The minimum Gasteiger partial charge on any atom is -0.299 e. The molecular weight excluding hydrogens is 232 g/mol. The highest BCUT2D eigenvalue weighted by Crippen LogP contribution is 2.58. The Morgan fingerprint density at radius 2 is 2.21 bits per heavy atom. The van der Waals surface area contributed by atoms with Crippen molar-refractivity contribution in [2.75, 3.05) is 0 Å². The van der Waals surface area contributed by atoms with Gasteiger partial charge in [0.15, 0.2) is 0 Å². The van der Waals surface area contributed by atoms with E-state index in [1.807, 2.05) is 0 Å². The van der Waals surface area contributed by atoms with Crippen LogP contribution < -0.4 is 0 Å². The molecule has 3 aliphatic carbocycles. The first kappa shape index (κ1) is 11.5. The summed E-state index contributed by atoms with van der Waals surface area (Å²) in [5.74, 6) is 1.15. The molecule has 98 valence electrons. The molecule has 0 N–H and O–H groups in total. The molecule has 1 aromatic carbocycles. The predicted octanol–water partition coefficient (Wildman–Crippen LogP) is 3.74. The van der Waals surface area contributed by atoms with E-state index in [0.717, 1.165) is 19.3 Å². The highest BCUT2D eigenvalue weighted by Gasteiger charge is 2.52. The standard InChI is InChI=1S/C18H20O/c1-2-13-4-3-5-14-9-16(19)11-18(17(13)14)10-12-6-7-15(18)8-12/h3-6,15H,2,7-11H2,1H3. The molecule has 1 saturated carbocycles. The van der Waals surface area contributed by atoms with E-state index in [9.17, 15) is 4.79 Å². The van der Waals surface area contributed by atoms with Gasteiger partial charge in [0.1, 0.15) is 5.78 Å². The Bertz CT molecular complexity index is 596. The Morgan fingerprint density at radius 3 is 2.89 bits per heavy atom. The summed E-state index contributed by atoms with van der Waals surface area (Å²) >= 11 is 0. The number of allylic oxidation sites excluding steroid dienone is 2. The van der Waals surface area contributed by atoms with Gasteiger partial charge in [-0.3, -0.25) is 4.79 Å². The van der Waals surface area contributed by atoms with Crippen molar-refractivity contribution < 1.29 is 4.79 Å². The van der Waals surface area contributed by atoms with E-state index in [4.69, 9.17) is 0 Å². The predicted molar refractivity (Wildman–Crippen MR) is 76.3 cm³/mol. The average molecular weight is 252 g/mol. The van der Waals surface area contributed by atoms with Crippen LogP contribution in [0.3, 0.4) is 0 Å². The molecule has 1 nitrogen and oxygen atoms in total. The zero-order chi connectivity index (χ0) is 13.0. The Labute approximate surface area is 114 Å². The summed E-state index contributed by atoms with van der Waals surface area (Å²) in [5, 5.41) is 0. The van der Waals surface area contributed by atoms with Crippen LogP contribution >= 0.6 is 0 Å². The third-order valence-corrected chi connectivity index (χ3v) is 5.54. The van der Waals surface area contributed by atoms with Crippen LogP contribution in [0.2, 0.25) is 0 Å². The topological polar surface area (TPSA) is 17.1 Å². The van der Waals surface area contributed by atoms with Crippen LogP contribution in [0.1, 0.15) is 49.3 Å². The summed E-state index contributed by atoms with van der Waals surface area (Å²) < 4.78 is 0. The van der Waals surface area contributed by atoms with E-state index in [-0.39, 0.29) is 5.41 Å². The number of rotatable bonds is 1. The molecule has 3 aliphatic rings. The largest absolute Gasteiger partial charge is 0.299 e. The summed E-state index contributed by atoms with van der Waals surface area (Å²) in [6, 6.07) is 6.60. The molecule has 4 rings (SSSR count). The number of Topliss-reactive ketones (excluding diaryl/α,β-unsaturated/α-hetero) is 1. The van der Waals surface area contributed by atoms with Gasteiger partial charge in [0, 0.05) is 18.3 Å². The summed E-state index contributed by atoms with van der Waals surface area (Å²) in [7, 11) is 0. The highest BCUT2D eigenvalue weighted by molar-refractivity contribution is 5.86. The van der Waals surface area contributed by atoms with Crippen molar-refractivity contribution in [3.8, 4) is 0 Å². The minimum absolute atomic E-state index is 0.168. The fraction of sp³-hybridized carbons (Fsp3) is 0.500. The van der Waals surface area contributed by atoms with E-state index < -0.39 is 0 Å². The number of fused-ring (bicyclic) bond motifs is 5. The van der Waals surface area contributed by atoms with E-state index in [1.165, 1.54) is 24.0 Å². The van der Waals surface area contributed by atoms with Gasteiger partial charge in [-0.25, -0.2) is 0 Å². The van der Waals surface area contributed by atoms with Crippen molar-refractivity contribution >= 4 is 5.78 Å². The monoisotopic (exact) mass is 252 g/mol. The van der Waals surface area contributed by atoms with Gasteiger partial charge in [0.05, 0.1) is 0 Å². The first-order valence-corrected chi connectivity index (χ1v) is 7.54. The molecule has 1 spiro atoms. The zero-order valence-electron chi connectivity index (χ0n) is 11.5. The fourth-order valence-electron chi connectivity index (χ4n) is 4.86. The van der Waals surface area contributed by atoms with Crippen LogP contribution in [-0.2, 0) is 23.1 Å². The number of ketones is 1. The molecule has 2 unspecified atom stereocenters. The third kappa shape index (κ3) is 1.45. The lowest BCUT2D eigenvalue weighted by atomic mass is 9.61. The SMILES string of the molecule is CCc1cccc2c1C1(CC(=O)C2)CC2=CCC1C2. The van der Waals surface area contributed by atoms with Gasteiger partial charge in [-0.15, -0.1) is 0 Å². The number of hydrogen-bond acceptors (Lipinski definition) is 1. The first-order chi connectivity index (χ1) is 9.23. The van der Waals surface area contributed by atoms with Gasteiger partial charge in [-0.2, -0.15) is 0 Å². The second-order valence-corrected chi connectivity index (χ2v) is 6.53. The maximum absolute atomic E-state index is 12.2. The molecule has 19 heavy (non-hydrogen) atoms. The number of aryl methyl sites for hydroxylation is 1. The van der Waals surface area contributed by atoms with E-state index in [0.29, 0.717) is 18.1 Å². The molecule has 0 amide bonds. The van der Waals surface area contributed by atoms with Crippen LogP contribution in [0, 0.1) is 5.92 Å².